The van der Waals surface area contributed by atoms with Gasteiger partial charge < -0.3 is 0 Å². The molecule has 0 fully saturated rings. The number of aryl methyl sites for hydroxylation is 6. The average Bonchev–Trinajstić information content (AvgIpc) is 2.34. The van der Waals surface area contributed by atoms with Crippen LogP contribution in [0.4, 0.5) is 0 Å². The normalized spacial score (nSPS) is 11.2. The van der Waals surface area contributed by atoms with E-state index in [1.165, 1.54) is 39.5 Å². The Morgan fingerprint density at radius 3 is 1.14 bits per heavy atom. The molecule has 0 aliphatic carbocycles. The zero-order chi connectivity index (χ0) is 15.7. The molecule has 0 nitrogen and oxygen atoms in total. The summed E-state index contributed by atoms with van der Waals surface area (Å²) in [4.78, 5) is 0. The molecule has 0 saturated carbocycles. The van der Waals surface area contributed by atoms with Gasteiger partial charge >= 0.3 is 0 Å². The highest BCUT2D eigenvalue weighted by Gasteiger charge is 2.28. The van der Waals surface area contributed by atoms with Gasteiger partial charge in [-0.3, -0.25) is 0 Å². The molecular weight excluding hydrogens is 271 g/mol. The van der Waals surface area contributed by atoms with E-state index in [1.54, 1.807) is 10.6 Å². The van der Waals surface area contributed by atoms with Gasteiger partial charge in [-0.1, -0.05) is 35.4 Å². The monoisotopic (exact) mass is 299 g/mol. The second-order valence-corrected chi connectivity index (χ2v) is 9.04. The summed E-state index contributed by atoms with van der Waals surface area (Å²) >= 11 is 0. The SMILES string of the molecule is CC[PH+](c1c(C)cc(C)cc1C)c1c(C)cc(C)cc1C. The lowest BCUT2D eigenvalue weighted by molar-refractivity contribution is 1.34. The second kappa shape index (κ2) is 6.32. The first-order chi connectivity index (χ1) is 9.85. The summed E-state index contributed by atoms with van der Waals surface area (Å²) in [5, 5.41) is 3.26. The highest BCUT2D eigenvalue weighted by molar-refractivity contribution is 7.73. The molecule has 0 radical (unpaired) electrons. The molecule has 0 bridgehead atoms. The lowest BCUT2D eigenvalue weighted by Gasteiger charge is -2.18. The van der Waals surface area contributed by atoms with E-state index in [0.29, 0.717) is 0 Å². The van der Waals surface area contributed by atoms with Gasteiger partial charge in [-0.05, 0) is 70.7 Å². The third-order valence-corrected chi connectivity index (χ3v) is 7.80. The van der Waals surface area contributed by atoms with Gasteiger partial charge in [0.2, 0.25) is 0 Å². The van der Waals surface area contributed by atoms with Crippen LogP contribution >= 0.6 is 7.92 Å². The smallest absolute Gasteiger partial charge is 0.0524 e. The molecule has 112 valence electrons. The standard InChI is InChI=1S/C20H27P/c1-8-21(19-15(4)9-13(2)10-16(19)5)20-17(6)11-14(3)12-18(20)7/h9-12H,8H2,1-7H3/p+1. The van der Waals surface area contributed by atoms with Crippen LogP contribution in [0, 0.1) is 41.5 Å². The Labute approximate surface area is 131 Å². The van der Waals surface area contributed by atoms with Crippen molar-refractivity contribution in [1.29, 1.82) is 0 Å². The van der Waals surface area contributed by atoms with Crippen LogP contribution in [0.3, 0.4) is 0 Å². The summed E-state index contributed by atoms with van der Waals surface area (Å²) in [6, 6.07) is 9.39. The van der Waals surface area contributed by atoms with E-state index in [0.717, 1.165) is 0 Å². The first kappa shape index (κ1) is 16.2. The Kier molecular flexibility index (Phi) is 4.89. The Balaban J connectivity index is 2.66. The van der Waals surface area contributed by atoms with Gasteiger partial charge in [0, 0.05) is 0 Å². The molecular formula is C20H28P+. The van der Waals surface area contributed by atoms with Crippen molar-refractivity contribution in [2.24, 2.45) is 0 Å². The van der Waals surface area contributed by atoms with Crippen molar-refractivity contribution in [3.05, 3.63) is 57.6 Å². The van der Waals surface area contributed by atoms with Gasteiger partial charge in [0.1, 0.15) is 10.6 Å². The predicted molar refractivity (Wildman–Crippen MR) is 99.4 cm³/mol. The fraction of sp³-hybridized carbons (Fsp3) is 0.400. The molecule has 21 heavy (non-hydrogen) atoms. The fourth-order valence-electron chi connectivity index (χ4n) is 3.79. The van der Waals surface area contributed by atoms with Crippen LogP contribution in [0.5, 0.6) is 0 Å². The van der Waals surface area contributed by atoms with E-state index in [1.807, 2.05) is 0 Å². The summed E-state index contributed by atoms with van der Waals surface area (Å²) in [6.45, 7) is 15.9. The molecule has 0 spiro atoms. The van der Waals surface area contributed by atoms with E-state index >= 15 is 0 Å². The third kappa shape index (κ3) is 3.22. The summed E-state index contributed by atoms with van der Waals surface area (Å²) in [7, 11) is -0.692. The number of benzene rings is 2. The van der Waals surface area contributed by atoms with Gasteiger partial charge in [-0.2, -0.15) is 0 Å². The summed E-state index contributed by atoms with van der Waals surface area (Å²) in [6.07, 6.45) is 1.25. The summed E-state index contributed by atoms with van der Waals surface area (Å²) in [5.74, 6) is 0. The second-order valence-electron chi connectivity index (χ2n) is 6.38. The molecule has 0 aromatic heterocycles. The highest BCUT2D eigenvalue weighted by Crippen LogP contribution is 2.38. The predicted octanol–water partition coefficient (Wildman–Crippen LogP) is 4.72. The van der Waals surface area contributed by atoms with Crippen molar-refractivity contribution in [2.75, 3.05) is 6.16 Å². The molecule has 2 aromatic rings. The van der Waals surface area contributed by atoms with Crippen molar-refractivity contribution in [3.63, 3.8) is 0 Å². The maximum absolute atomic E-state index is 2.35. The number of hydrogen-bond acceptors (Lipinski definition) is 0. The molecule has 1 heteroatoms. The maximum Gasteiger partial charge on any atom is 0.102 e. The van der Waals surface area contributed by atoms with Crippen molar-refractivity contribution in [3.8, 4) is 0 Å². The lowest BCUT2D eigenvalue weighted by Crippen LogP contribution is -2.22. The first-order valence-corrected chi connectivity index (χ1v) is 9.58. The molecule has 0 atom stereocenters. The molecule has 0 amide bonds. The zero-order valence-electron chi connectivity index (χ0n) is 14.5. The fourth-order valence-corrected chi connectivity index (χ4v) is 6.94. The molecule has 2 rings (SSSR count). The van der Waals surface area contributed by atoms with Crippen LogP contribution in [-0.4, -0.2) is 6.16 Å². The van der Waals surface area contributed by atoms with E-state index in [2.05, 4.69) is 72.7 Å². The van der Waals surface area contributed by atoms with Crippen molar-refractivity contribution in [1.82, 2.24) is 0 Å². The quantitative estimate of drug-likeness (QED) is 0.719. The van der Waals surface area contributed by atoms with Gasteiger partial charge in [-0.25, -0.2) is 0 Å². The van der Waals surface area contributed by atoms with Crippen LogP contribution in [0.25, 0.3) is 0 Å². The van der Waals surface area contributed by atoms with Crippen LogP contribution in [-0.2, 0) is 0 Å². The van der Waals surface area contributed by atoms with Gasteiger partial charge in [0.25, 0.3) is 0 Å². The molecule has 0 aliphatic heterocycles. The van der Waals surface area contributed by atoms with Gasteiger partial charge in [0.15, 0.2) is 0 Å². The average molecular weight is 299 g/mol. The molecule has 0 N–H and O–H groups in total. The Morgan fingerprint density at radius 1 is 0.619 bits per heavy atom. The zero-order valence-corrected chi connectivity index (χ0v) is 15.5. The molecule has 0 aliphatic rings. The highest BCUT2D eigenvalue weighted by atomic mass is 31.1. The third-order valence-electron chi connectivity index (χ3n) is 4.31. The molecule has 0 heterocycles. The molecule has 0 saturated heterocycles. The largest absolute Gasteiger partial charge is 0.102 e. The molecule has 0 unspecified atom stereocenters. The van der Waals surface area contributed by atoms with Gasteiger partial charge in [0.05, 0.1) is 14.1 Å². The first-order valence-electron chi connectivity index (χ1n) is 7.87. The van der Waals surface area contributed by atoms with E-state index in [9.17, 15) is 0 Å². The van der Waals surface area contributed by atoms with Crippen molar-refractivity contribution >= 4 is 18.5 Å². The minimum atomic E-state index is -0.692. The lowest BCUT2D eigenvalue weighted by atomic mass is 10.1. The van der Waals surface area contributed by atoms with Crippen molar-refractivity contribution in [2.45, 2.75) is 48.5 Å². The Hall–Kier alpha value is -1.13. The van der Waals surface area contributed by atoms with Crippen LogP contribution in [0.2, 0.25) is 0 Å². The van der Waals surface area contributed by atoms with E-state index < -0.39 is 7.92 Å². The minimum absolute atomic E-state index is 0.692. The van der Waals surface area contributed by atoms with Crippen LogP contribution < -0.4 is 10.6 Å². The van der Waals surface area contributed by atoms with Crippen molar-refractivity contribution < 1.29 is 0 Å². The maximum atomic E-state index is 2.35. The Morgan fingerprint density at radius 2 is 0.905 bits per heavy atom. The topological polar surface area (TPSA) is 0 Å². The van der Waals surface area contributed by atoms with Crippen LogP contribution in [0.15, 0.2) is 24.3 Å². The number of hydrogen-bond donors (Lipinski definition) is 0. The summed E-state index contributed by atoms with van der Waals surface area (Å²) < 4.78 is 0. The van der Waals surface area contributed by atoms with E-state index in [-0.39, 0.29) is 0 Å². The minimum Gasteiger partial charge on any atom is -0.0524 e. The Bertz CT molecular complexity index is 564. The van der Waals surface area contributed by atoms with E-state index in [4.69, 9.17) is 0 Å². The number of rotatable bonds is 3. The van der Waals surface area contributed by atoms with Crippen LogP contribution in [0.1, 0.15) is 40.3 Å². The van der Waals surface area contributed by atoms with Gasteiger partial charge in [-0.15, -0.1) is 0 Å². The molecule has 2 aromatic carbocycles. The summed E-state index contributed by atoms with van der Waals surface area (Å²) in [5.41, 5.74) is 8.66.